The van der Waals surface area contributed by atoms with Crippen molar-refractivity contribution in [3.05, 3.63) is 63.1 Å². The molecule has 0 aliphatic rings. The summed E-state index contributed by atoms with van der Waals surface area (Å²) in [6.07, 6.45) is -0.0321. The molecule has 1 aromatic carbocycles. The highest BCUT2D eigenvalue weighted by molar-refractivity contribution is 5.78. The van der Waals surface area contributed by atoms with Gasteiger partial charge in [-0.1, -0.05) is 12.1 Å². The molecule has 6 heteroatoms. The van der Waals surface area contributed by atoms with E-state index in [1.807, 2.05) is 0 Å². The van der Waals surface area contributed by atoms with Gasteiger partial charge in [0.15, 0.2) is 0 Å². The fraction of sp³-hybridized carbons (Fsp3) is 0.267. The lowest BCUT2D eigenvalue weighted by Crippen LogP contribution is -2.29. The number of nitrogens with zero attached hydrogens (tertiary/aromatic N) is 1. The molecule has 0 aliphatic carbocycles. The summed E-state index contributed by atoms with van der Waals surface area (Å²) in [6.45, 7) is 3.67. The van der Waals surface area contributed by atoms with Gasteiger partial charge in [0.2, 0.25) is 5.91 Å². The number of carbonyl (C=O) groups excluding carboxylic acids is 1. The van der Waals surface area contributed by atoms with Crippen molar-refractivity contribution < 1.29 is 9.18 Å². The Labute approximate surface area is 121 Å². The number of rotatable bonds is 4. The van der Waals surface area contributed by atoms with E-state index in [1.54, 1.807) is 26.0 Å². The molecule has 2 N–H and O–H groups in total. The van der Waals surface area contributed by atoms with Crippen molar-refractivity contribution in [2.75, 3.05) is 0 Å². The van der Waals surface area contributed by atoms with Crippen molar-refractivity contribution in [2.24, 2.45) is 0 Å². The van der Waals surface area contributed by atoms with Crippen molar-refractivity contribution in [3.8, 4) is 0 Å². The Balaban J connectivity index is 1.99. The summed E-state index contributed by atoms with van der Waals surface area (Å²) >= 11 is 0. The van der Waals surface area contributed by atoms with E-state index in [2.05, 4.69) is 15.3 Å². The summed E-state index contributed by atoms with van der Waals surface area (Å²) < 4.78 is 12.8. The Hall–Kier alpha value is -2.50. The molecular formula is C15H16FN3O2. The van der Waals surface area contributed by atoms with Gasteiger partial charge in [0.1, 0.15) is 11.6 Å². The fourth-order valence-electron chi connectivity index (χ4n) is 1.99. The number of benzene rings is 1. The number of carbonyl (C=O) groups is 1. The van der Waals surface area contributed by atoms with Gasteiger partial charge in [-0.05, 0) is 31.5 Å². The normalized spacial score (nSPS) is 10.4. The predicted molar refractivity (Wildman–Crippen MR) is 76.3 cm³/mol. The first-order valence-corrected chi connectivity index (χ1v) is 6.53. The van der Waals surface area contributed by atoms with E-state index >= 15 is 0 Å². The fourth-order valence-corrected chi connectivity index (χ4v) is 1.99. The minimum Gasteiger partial charge on any atom is -0.352 e. The maximum atomic E-state index is 12.8. The molecule has 110 valence electrons. The summed E-state index contributed by atoms with van der Waals surface area (Å²) in [7, 11) is 0. The van der Waals surface area contributed by atoms with Crippen LogP contribution in [0.15, 0.2) is 29.1 Å². The molecule has 0 unspecified atom stereocenters. The van der Waals surface area contributed by atoms with Gasteiger partial charge in [-0.2, -0.15) is 0 Å². The molecule has 1 aromatic heterocycles. The number of aromatic nitrogens is 2. The molecule has 2 aromatic rings. The second kappa shape index (κ2) is 6.30. The van der Waals surface area contributed by atoms with E-state index in [0.717, 1.165) is 5.56 Å². The van der Waals surface area contributed by atoms with Gasteiger partial charge >= 0.3 is 0 Å². The highest BCUT2D eigenvalue weighted by Crippen LogP contribution is 2.03. The second-order valence-electron chi connectivity index (χ2n) is 4.80. The average Bonchev–Trinajstić information content (AvgIpc) is 2.42. The molecule has 0 aliphatic heterocycles. The number of hydrogen-bond donors (Lipinski definition) is 2. The molecule has 21 heavy (non-hydrogen) atoms. The van der Waals surface area contributed by atoms with E-state index in [0.29, 0.717) is 17.1 Å². The SMILES string of the molecule is Cc1nc(C)c(CC(=O)NCc2ccc(F)cc2)c(=O)[nH]1. The van der Waals surface area contributed by atoms with Crippen LogP contribution in [0.4, 0.5) is 4.39 Å². The van der Waals surface area contributed by atoms with Crippen molar-refractivity contribution >= 4 is 5.91 Å². The number of nitrogens with one attached hydrogen (secondary N) is 2. The minimum atomic E-state index is -0.321. The number of hydrogen-bond acceptors (Lipinski definition) is 3. The van der Waals surface area contributed by atoms with Gasteiger partial charge < -0.3 is 10.3 Å². The third-order valence-electron chi connectivity index (χ3n) is 3.08. The molecule has 0 spiro atoms. The van der Waals surface area contributed by atoms with Gasteiger partial charge in [-0.15, -0.1) is 0 Å². The highest BCUT2D eigenvalue weighted by Gasteiger charge is 2.11. The topological polar surface area (TPSA) is 74.8 Å². The summed E-state index contributed by atoms with van der Waals surface area (Å²) in [5, 5.41) is 2.69. The Morgan fingerprint density at radius 3 is 2.57 bits per heavy atom. The summed E-state index contributed by atoms with van der Waals surface area (Å²) in [5.74, 6) is -0.0792. The van der Waals surface area contributed by atoms with Crippen molar-refractivity contribution in [2.45, 2.75) is 26.8 Å². The van der Waals surface area contributed by atoms with E-state index in [9.17, 15) is 14.0 Å². The third kappa shape index (κ3) is 3.98. The maximum absolute atomic E-state index is 12.8. The van der Waals surface area contributed by atoms with Crippen LogP contribution in [-0.4, -0.2) is 15.9 Å². The van der Waals surface area contributed by atoms with Crippen LogP contribution in [0.2, 0.25) is 0 Å². The minimum absolute atomic E-state index is 0.0321. The van der Waals surface area contributed by atoms with Crippen LogP contribution >= 0.6 is 0 Å². The molecule has 1 heterocycles. The smallest absolute Gasteiger partial charge is 0.254 e. The van der Waals surface area contributed by atoms with Crippen LogP contribution in [0.3, 0.4) is 0 Å². The van der Waals surface area contributed by atoms with Crippen LogP contribution in [0.1, 0.15) is 22.6 Å². The zero-order valence-corrected chi connectivity index (χ0v) is 11.9. The zero-order valence-electron chi connectivity index (χ0n) is 11.9. The number of amides is 1. The molecule has 5 nitrogen and oxygen atoms in total. The first kappa shape index (κ1) is 14.9. The maximum Gasteiger partial charge on any atom is 0.254 e. The lowest BCUT2D eigenvalue weighted by molar-refractivity contribution is -0.120. The second-order valence-corrected chi connectivity index (χ2v) is 4.80. The Morgan fingerprint density at radius 1 is 1.29 bits per heavy atom. The third-order valence-corrected chi connectivity index (χ3v) is 3.08. The summed E-state index contributed by atoms with van der Waals surface area (Å²) in [4.78, 5) is 30.4. The number of H-pyrrole nitrogens is 1. The molecule has 0 bridgehead atoms. The lowest BCUT2D eigenvalue weighted by atomic mass is 10.1. The quantitative estimate of drug-likeness (QED) is 0.893. The predicted octanol–water partition coefficient (Wildman–Crippen LogP) is 1.38. The van der Waals surface area contributed by atoms with Crippen LogP contribution in [0, 0.1) is 19.7 Å². The zero-order chi connectivity index (χ0) is 15.4. The van der Waals surface area contributed by atoms with Gasteiger partial charge in [0, 0.05) is 17.8 Å². The van der Waals surface area contributed by atoms with Gasteiger partial charge in [-0.25, -0.2) is 9.37 Å². The van der Waals surface area contributed by atoms with Crippen LogP contribution in [-0.2, 0) is 17.8 Å². The van der Waals surface area contributed by atoms with Crippen molar-refractivity contribution in [1.29, 1.82) is 0 Å². The first-order chi connectivity index (χ1) is 9.95. The van der Waals surface area contributed by atoms with E-state index in [4.69, 9.17) is 0 Å². The molecular weight excluding hydrogens is 273 g/mol. The summed E-state index contributed by atoms with van der Waals surface area (Å²) in [5.41, 5.74) is 1.40. The van der Waals surface area contributed by atoms with Gasteiger partial charge in [0.25, 0.3) is 5.56 Å². The van der Waals surface area contributed by atoms with E-state index in [1.165, 1.54) is 12.1 Å². The molecule has 2 rings (SSSR count). The van der Waals surface area contributed by atoms with E-state index < -0.39 is 0 Å². The van der Waals surface area contributed by atoms with Gasteiger partial charge in [-0.3, -0.25) is 9.59 Å². The Morgan fingerprint density at radius 2 is 1.95 bits per heavy atom. The summed E-state index contributed by atoms with van der Waals surface area (Å²) in [6, 6.07) is 5.86. The largest absolute Gasteiger partial charge is 0.352 e. The number of aryl methyl sites for hydroxylation is 2. The lowest BCUT2D eigenvalue weighted by Gasteiger charge is -2.07. The van der Waals surface area contributed by atoms with Crippen LogP contribution in [0.25, 0.3) is 0 Å². The molecule has 0 radical (unpaired) electrons. The standard InChI is InChI=1S/C15H16FN3O2/c1-9-13(15(21)19-10(2)18-9)7-14(20)17-8-11-3-5-12(16)6-4-11/h3-6H,7-8H2,1-2H3,(H,17,20)(H,18,19,21). The van der Waals surface area contributed by atoms with E-state index in [-0.39, 0.29) is 30.2 Å². The number of halogens is 1. The van der Waals surface area contributed by atoms with Crippen LogP contribution in [0.5, 0.6) is 0 Å². The Bertz CT molecular complexity index is 708. The number of aromatic amines is 1. The molecule has 0 saturated carbocycles. The molecule has 1 amide bonds. The molecule has 0 fully saturated rings. The Kier molecular flexibility index (Phi) is 4.47. The highest BCUT2D eigenvalue weighted by atomic mass is 19.1. The van der Waals surface area contributed by atoms with Crippen molar-refractivity contribution in [1.82, 2.24) is 15.3 Å². The molecule has 0 atom stereocenters. The van der Waals surface area contributed by atoms with Crippen molar-refractivity contribution in [3.63, 3.8) is 0 Å². The molecule has 0 saturated heterocycles. The first-order valence-electron chi connectivity index (χ1n) is 6.53. The van der Waals surface area contributed by atoms with Gasteiger partial charge in [0.05, 0.1) is 6.42 Å². The average molecular weight is 289 g/mol. The monoisotopic (exact) mass is 289 g/mol. The van der Waals surface area contributed by atoms with Crippen LogP contribution < -0.4 is 10.9 Å².